The van der Waals surface area contributed by atoms with Crippen molar-refractivity contribution in [1.82, 2.24) is 0 Å². The molecule has 3 N–H and O–H groups in total. The predicted octanol–water partition coefficient (Wildman–Crippen LogP) is 0.254. The van der Waals surface area contributed by atoms with Gasteiger partial charge in [0.2, 0.25) is 0 Å². The smallest absolute Gasteiger partial charge is 0.148 e. The van der Waals surface area contributed by atoms with Gasteiger partial charge in [0.15, 0.2) is 0 Å². The molecule has 1 atom stereocenters. The van der Waals surface area contributed by atoms with E-state index in [1.54, 1.807) is 18.7 Å². The molecule has 6 heteroatoms. The molecule has 0 bridgehead atoms. The molecular weight excluding hydrogens is 234 g/mol. The van der Waals surface area contributed by atoms with Crippen LogP contribution < -0.4 is 5.73 Å². The maximum absolute atomic E-state index is 10.8. The molecule has 0 rings (SSSR count). The first-order chi connectivity index (χ1) is 6.77. The molecule has 0 aliphatic carbocycles. The molecular formula is C9H21NO3S2. The van der Waals surface area contributed by atoms with Gasteiger partial charge < -0.3 is 10.8 Å². The summed E-state index contributed by atoms with van der Waals surface area (Å²) in [6, 6.07) is 0. The van der Waals surface area contributed by atoms with Crippen molar-refractivity contribution >= 4 is 21.6 Å². The molecule has 0 aromatic carbocycles. The van der Waals surface area contributed by atoms with Gasteiger partial charge in [-0.05, 0) is 25.5 Å². The van der Waals surface area contributed by atoms with Crippen molar-refractivity contribution in [2.24, 2.45) is 5.73 Å². The van der Waals surface area contributed by atoms with Crippen molar-refractivity contribution in [2.75, 3.05) is 30.1 Å². The van der Waals surface area contributed by atoms with Gasteiger partial charge in [-0.2, -0.15) is 11.8 Å². The second-order valence-corrected chi connectivity index (χ2v) is 7.53. The molecule has 92 valence electrons. The van der Waals surface area contributed by atoms with Crippen LogP contribution in [0.2, 0.25) is 0 Å². The minimum atomic E-state index is -2.83. The average molecular weight is 255 g/mol. The van der Waals surface area contributed by atoms with Crippen molar-refractivity contribution in [2.45, 2.75) is 25.4 Å². The van der Waals surface area contributed by atoms with Crippen LogP contribution >= 0.6 is 11.8 Å². The van der Waals surface area contributed by atoms with Crippen LogP contribution in [0, 0.1) is 0 Å². The Bertz CT molecular complexity index is 263. The molecule has 0 saturated carbocycles. The Morgan fingerprint density at radius 3 is 2.47 bits per heavy atom. The van der Waals surface area contributed by atoms with Crippen molar-refractivity contribution in [3.8, 4) is 0 Å². The molecule has 0 radical (unpaired) electrons. The Kier molecular flexibility index (Phi) is 6.83. The molecule has 0 heterocycles. The van der Waals surface area contributed by atoms with E-state index in [2.05, 4.69) is 0 Å². The molecule has 0 aliphatic rings. The fourth-order valence-electron chi connectivity index (χ4n) is 0.969. The summed E-state index contributed by atoms with van der Waals surface area (Å²) in [7, 11) is -2.83. The van der Waals surface area contributed by atoms with Crippen molar-refractivity contribution < 1.29 is 13.5 Å². The zero-order chi connectivity index (χ0) is 11.9. The Hall–Kier alpha value is 0.220. The van der Waals surface area contributed by atoms with E-state index in [9.17, 15) is 13.5 Å². The van der Waals surface area contributed by atoms with Crippen molar-refractivity contribution in [1.29, 1.82) is 0 Å². The van der Waals surface area contributed by atoms with E-state index in [1.807, 2.05) is 0 Å². The maximum atomic E-state index is 10.8. The molecule has 4 nitrogen and oxygen atoms in total. The van der Waals surface area contributed by atoms with Crippen LogP contribution in [0.1, 0.15) is 19.8 Å². The molecule has 15 heavy (non-hydrogen) atoms. The van der Waals surface area contributed by atoms with Gasteiger partial charge >= 0.3 is 0 Å². The van der Waals surface area contributed by atoms with Gasteiger partial charge in [0, 0.05) is 18.6 Å². The number of aliphatic hydroxyl groups is 1. The van der Waals surface area contributed by atoms with Crippen LogP contribution in [0.3, 0.4) is 0 Å². The van der Waals surface area contributed by atoms with Crippen LogP contribution in [0.4, 0.5) is 0 Å². The standard InChI is InChI=1S/C9H21NO3S2/c1-9(11,8-10)4-3-5-14-6-7-15(2,12)13/h11H,3-8,10H2,1-2H3. The Morgan fingerprint density at radius 2 is 2.00 bits per heavy atom. The quantitative estimate of drug-likeness (QED) is 0.608. The summed E-state index contributed by atoms with van der Waals surface area (Å²) in [5, 5.41) is 9.58. The third-order valence-corrected chi connectivity index (χ3v) is 4.32. The normalized spacial score (nSPS) is 16.3. The van der Waals surface area contributed by atoms with Gasteiger partial charge in [-0.25, -0.2) is 8.42 Å². The van der Waals surface area contributed by atoms with E-state index in [4.69, 9.17) is 5.73 Å². The lowest BCUT2D eigenvalue weighted by Gasteiger charge is -2.20. The molecule has 0 aromatic rings. The van der Waals surface area contributed by atoms with E-state index in [-0.39, 0.29) is 12.3 Å². The van der Waals surface area contributed by atoms with E-state index in [0.717, 1.165) is 12.2 Å². The summed E-state index contributed by atoms with van der Waals surface area (Å²) >= 11 is 1.60. The van der Waals surface area contributed by atoms with Gasteiger partial charge in [-0.1, -0.05) is 0 Å². The highest BCUT2D eigenvalue weighted by molar-refractivity contribution is 8.00. The van der Waals surface area contributed by atoms with Crippen LogP contribution in [0.25, 0.3) is 0 Å². The zero-order valence-electron chi connectivity index (χ0n) is 9.40. The molecule has 0 saturated heterocycles. The highest BCUT2D eigenvalue weighted by Gasteiger charge is 2.16. The van der Waals surface area contributed by atoms with Gasteiger partial charge in [-0.15, -0.1) is 0 Å². The third-order valence-electron chi connectivity index (χ3n) is 2.04. The molecule has 0 fully saturated rings. The summed E-state index contributed by atoms with van der Waals surface area (Å²) < 4.78 is 21.6. The lowest BCUT2D eigenvalue weighted by atomic mass is 10.0. The van der Waals surface area contributed by atoms with Gasteiger partial charge in [0.1, 0.15) is 9.84 Å². The van der Waals surface area contributed by atoms with Gasteiger partial charge in [0.05, 0.1) is 11.4 Å². The lowest BCUT2D eigenvalue weighted by molar-refractivity contribution is 0.0596. The Balaban J connectivity index is 3.41. The van der Waals surface area contributed by atoms with Crippen LogP contribution in [-0.4, -0.2) is 49.2 Å². The highest BCUT2D eigenvalue weighted by Crippen LogP contribution is 2.13. The van der Waals surface area contributed by atoms with Crippen LogP contribution in [0.15, 0.2) is 0 Å². The van der Waals surface area contributed by atoms with Crippen molar-refractivity contribution in [3.05, 3.63) is 0 Å². The molecule has 0 spiro atoms. The maximum Gasteiger partial charge on any atom is 0.148 e. The highest BCUT2D eigenvalue weighted by atomic mass is 32.2. The summed E-state index contributed by atoms with van der Waals surface area (Å²) in [6.45, 7) is 1.98. The number of hydrogen-bond donors (Lipinski definition) is 2. The Labute approximate surface area is 96.5 Å². The first-order valence-electron chi connectivity index (χ1n) is 4.95. The van der Waals surface area contributed by atoms with Crippen LogP contribution in [-0.2, 0) is 9.84 Å². The fraction of sp³-hybridized carbons (Fsp3) is 1.00. The molecule has 0 aromatic heterocycles. The summed E-state index contributed by atoms with van der Waals surface area (Å²) in [5.74, 6) is 1.72. The summed E-state index contributed by atoms with van der Waals surface area (Å²) in [5.41, 5.74) is 4.59. The number of rotatable bonds is 8. The number of thioether (sulfide) groups is 1. The van der Waals surface area contributed by atoms with Gasteiger partial charge in [0.25, 0.3) is 0 Å². The van der Waals surface area contributed by atoms with E-state index in [1.165, 1.54) is 6.26 Å². The largest absolute Gasteiger partial charge is 0.389 e. The van der Waals surface area contributed by atoms with Gasteiger partial charge in [-0.3, -0.25) is 0 Å². The number of nitrogens with two attached hydrogens (primary N) is 1. The SMILES string of the molecule is CC(O)(CN)CCCSCCS(C)(=O)=O. The van der Waals surface area contributed by atoms with Crippen LogP contribution in [0.5, 0.6) is 0 Å². The number of hydrogen-bond acceptors (Lipinski definition) is 5. The third kappa shape index (κ3) is 10.5. The second kappa shape index (κ2) is 6.73. The Morgan fingerprint density at radius 1 is 1.40 bits per heavy atom. The molecule has 0 aliphatic heterocycles. The fourth-order valence-corrected chi connectivity index (χ4v) is 3.20. The first-order valence-corrected chi connectivity index (χ1v) is 8.16. The minimum absolute atomic E-state index is 0.227. The van der Waals surface area contributed by atoms with Crippen molar-refractivity contribution in [3.63, 3.8) is 0 Å². The summed E-state index contributed by atoms with van der Waals surface area (Å²) in [6.07, 6.45) is 2.76. The predicted molar refractivity (Wildman–Crippen MR) is 65.9 cm³/mol. The van der Waals surface area contributed by atoms with E-state index >= 15 is 0 Å². The molecule has 1 unspecified atom stereocenters. The minimum Gasteiger partial charge on any atom is -0.389 e. The summed E-state index contributed by atoms with van der Waals surface area (Å²) in [4.78, 5) is 0. The first kappa shape index (κ1) is 15.2. The topological polar surface area (TPSA) is 80.4 Å². The average Bonchev–Trinajstić information content (AvgIpc) is 2.09. The number of sulfone groups is 1. The monoisotopic (exact) mass is 255 g/mol. The van der Waals surface area contributed by atoms with E-state index < -0.39 is 15.4 Å². The molecule has 0 amide bonds. The zero-order valence-corrected chi connectivity index (χ0v) is 11.0. The second-order valence-electron chi connectivity index (χ2n) is 4.05. The van der Waals surface area contributed by atoms with E-state index in [0.29, 0.717) is 12.2 Å². The lowest BCUT2D eigenvalue weighted by Crippen LogP contribution is -2.34.